The minimum atomic E-state index is -1.06. The van der Waals surface area contributed by atoms with E-state index in [1.54, 1.807) is 13.8 Å². The molecular formula is C24H34N4O3. The molecule has 0 spiro atoms. The molecule has 3 rings (SSSR count). The average Bonchev–Trinajstić information content (AvgIpc) is 3.10. The van der Waals surface area contributed by atoms with Gasteiger partial charge in [0.2, 0.25) is 0 Å². The van der Waals surface area contributed by atoms with Crippen molar-refractivity contribution in [1.82, 2.24) is 14.5 Å². The Morgan fingerprint density at radius 1 is 1.16 bits per heavy atom. The molecule has 1 N–H and O–H groups in total. The van der Waals surface area contributed by atoms with Crippen molar-refractivity contribution in [3.63, 3.8) is 0 Å². The number of nitrogens with zero attached hydrogens (tertiary/aromatic N) is 3. The van der Waals surface area contributed by atoms with E-state index in [4.69, 9.17) is 14.5 Å². The minimum Gasteiger partial charge on any atom is -0.373 e. The first kappa shape index (κ1) is 23.2. The molecule has 0 saturated heterocycles. The van der Waals surface area contributed by atoms with E-state index in [1.807, 2.05) is 51.4 Å². The highest BCUT2D eigenvalue weighted by atomic mass is 16.6. The molecule has 0 atom stereocenters. The molecule has 1 aromatic carbocycles. The number of hydrogen-bond acceptors (Lipinski definition) is 5. The number of aromatic nitrogens is 3. The van der Waals surface area contributed by atoms with Crippen LogP contribution >= 0.6 is 0 Å². The molecule has 0 aliphatic rings. The van der Waals surface area contributed by atoms with Gasteiger partial charge in [-0.05, 0) is 46.6 Å². The van der Waals surface area contributed by atoms with Crippen molar-refractivity contribution in [3.05, 3.63) is 30.6 Å². The SMILES string of the molecule is CCOC(C)(C)COC(C)(C)C(=O)Nc1nc2ccccc2c2c1ncn2CC(C)C. The Hall–Kier alpha value is -2.51. The Kier molecular flexibility index (Phi) is 6.67. The van der Waals surface area contributed by atoms with E-state index in [0.29, 0.717) is 30.5 Å². The third-order valence-corrected chi connectivity index (χ3v) is 5.11. The van der Waals surface area contributed by atoms with E-state index in [1.165, 1.54) is 0 Å². The molecular weight excluding hydrogens is 392 g/mol. The summed E-state index contributed by atoms with van der Waals surface area (Å²) in [4.78, 5) is 22.4. The summed E-state index contributed by atoms with van der Waals surface area (Å²) in [7, 11) is 0. The molecule has 0 saturated carbocycles. The summed E-state index contributed by atoms with van der Waals surface area (Å²) in [5.74, 6) is 0.632. The number of carbonyl (C=O) groups excluding carboxylic acids is 1. The van der Waals surface area contributed by atoms with E-state index in [0.717, 1.165) is 23.0 Å². The van der Waals surface area contributed by atoms with Gasteiger partial charge in [-0.1, -0.05) is 32.0 Å². The second kappa shape index (κ2) is 8.93. The third kappa shape index (κ3) is 5.22. The van der Waals surface area contributed by atoms with Crippen LogP contribution in [0.4, 0.5) is 5.82 Å². The van der Waals surface area contributed by atoms with Crippen molar-refractivity contribution in [2.45, 2.75) is 66.2 Å². The van der Waals surface area contributed by atoms with Crippen molar-refractivity contribution in [3.8, 4) is 0 Å². The lowest BCUT2D eigenvalue weighted by molar-refractivity contribution is -0.149. The van der Waals surface area contributed by atoms with Gasteiger partial charge in [0.15, 0.2) is 5.82 Å². The number of amides is 1. The molecule has 2 aromatic heterocycles. The Morgan fingerprint density at radius 2 is 1.87 bits per heavy atom. The summed E-state index contributed by atoms with van der Waals surface area (Å²) < 4.78 is 13.8. The lowest BCUT2D eigenvalue weighted by atomic mass is 10.1. The molecule has 0 aliphatic carbocycles. The van der Waals surface area contributed by atoms with Gasteiger partial charge >= 0.3 is 0 Å². The summed E-state index contributed by atoms with van der Waals surface area (Å²) >= 11 is 0. The van der Waals surface area contributed by atoms with Gasteiger partial charge in [-0.25, -0.2) is 9.97 Å². The fraction of sp³-hybridized carbons (Fsp3) is 0.542. The fourth-order valence-corrected chi connectivity index (χ4v) is 3.51. The molecule has 7 heteroatoms. The highest BCUT2D eigenvalue weighted by Crippen LogP contribution is 2.30. The molecule has 7 nitrogen and oxygen atoms in total. The monoisotopic (exact) mass is 426 g/mol. The molecule has 168 valence electrons. The van der Waals surface area contributed by atoms with Crippen LogP contribution in [-0.2, 0) is 20.8 Å². The molecule has 1 amide bonds. The zero-order valence-electron chi connectivity index (χ0n) is 19.7. The van der Waals surface area contributed by atoms with Crippen LogP contribution in [-0.4, -0.2) is 44.9 Å². The minimum absolute atomic E-state index is 0.276. The van der Waals surface area contributed by atoms with Crippen LogP contribution in [0.15, 0.2) is 30.6 Å². The Balaban J connectivity index is 1.93. The number of benzene rings is 1. The first-order chi connectivity index (χ1) is 14.5. The molecule has 0 fully saturated rings. The van der Waals surface area contributed by atoms with Crippen LogP contribution in [0.25, 0.3) is 21.9 Å². The predicted molar refractivity (Wildman–Crippen MR) is 124 cm³/mol. The lowest BCUT2D eigenvalue weighted by Gasteiger charge is -2.30. The Morgan fingerprint density at radius 3 is 2.55 bits per heavy atom. The Labute approximate surface area is 184 Å². The maximum absolute atomic E-state index is 13.1. The molecule has 0 aliphatic heterocycles. The first-order valence-electron chi connectivity index (χ1n) is 10.9. The lowest BCUT2D eigenvalue weighted by Crippen LogP contribution is -2.44. The average molecular weight is 427 g/mol. The van der Waals surface area contributed by atoms with E-state index in [2.05, 4.69) is 28.7 Å². The molecule has 0 unspecified atom stereocenters. The number of nitrogens with one attached hydrogen (secondary N) is 1. The van der Waals surface area contributed by atoms with Crippen molar-refractivity contribution in [2.75, 3.05) is 18.5 Å². The zero-order valence-corrected chi connectivity index (χ0v) is 19.7. The van der Waals surface area contributed by atoms with Crippen LogP contribution < -0.4 is 5.32 Å². The van der Waals surface area contributed by atoms with Crippen molar-refractivity contribution >= 4 is 33.7 Å². The fourth-order valence-electron chi connectivity index (χ4n) is 3.51. The van der Waals surface area contributed by atoms with Gasteiger partial charge < -0.3 is 19.4 Å². The van der Waals surface area contributed by atoms with E-state index in [9.17, 15) is 4.79 Å². The van der Waals surface area contributed by atoms with E-state index < -0.39 is 11.2 Å². The topological polar surface area (TPSA) is 78.3 Å². The largest absolute Gasteiger partial charge is 0.373 e. The first-order valence-corrected chi connectivity index (χ1v) is 10.9. The van der Waals surface area contributed by atoms with Crippen molar-refractivity contribution in [2.24, 2.45) is 5.92 Å². The standard InChI is InChI=1S/C24H34N4O3/c1-8-30-23(4,5)14-31-24(6,7)22(29)27-21-19-20(28(15-25-19)13-16(2)3)17-11-9-10-12-18(17)26-21/h9-12,15-16H,8,13-14H2,1-7H3,(H,26,27,29). The third-order valence-electron chi connectivity index (χ3n) is 5.11. The summed E-state index contributed by atoms with van der Waals surface area (Å²) in [6.07, 6.45) is 1.82. The number of rotatable bonds is 9. The summed E-state index contributed by atoms with van der Waals surface area (Å²) in [6.45, 7) is 15.4. The molecule has 31 heavy (non-hydrogen) atoms. The number of carbonyl (C=O) groups is 1. The van der Waals surface area contributed by atoms with Gasteiger partial charge in [0.25, 0.3) is 5.91 Å². The smallest absolute Gasteiger partial charge is 0.257 e. The van der Waals surface area contributed by atoms with E-state index >= 15 is 0 Å². The summed E-state index contributed by atoms with van der Waals surface area (Å²) in [6, 6.07) is 7.92. The van der Waals surface area contributed by atoms with Crippen LogP contribution in [0.2, 0.25) is 0 Å². The maximum Gasteiger partial charge on any atom is 0.257 e. The normalized spacial score (nSPS) is 12.8. The number of pyridine rings is 1. The quantitative estimate of drug-likeness (QED) is 0.532. The number of imidazole rings is 1. The highest BCUT2D eigenvalue weighted by Gasteiger charge is 2.33. The number of fused-ring (bicyclic) bond motifs is 3. The molecule has 0 radical (unpaired) electrons. The van der Waals surface area contributed by atoms with Crippen LogP contribution in [0, 0.1) is 5.92 Å². The number of para-hydroxylation sites is 1. The zero-order chi connectivity index (χ0) is 22.8. The Bertz CT molecular complexity index is 1070. The van der Waals surface area contributed by atoms with Gasteiger partial charge in [0.05, 0.1) is 29.6 Å². The number of anilines is 1. The van der Waals surface area contributed by atoms with Gasteiger partial charge in [-0.3, -0.25) is 4.79 Å². The van der Waals surface area contributed by atoms with Gasteiger partial charge in [-0.15, -0.1) is 0 Å². The second-order valence-corrected chi connectivity index (χ2v) is 9.41. The van der Waals surface area contributed by atoms with Gasteiger partial charge in [0, 0.05) is 18.5 Å². The molecule has 2 heterocycles. The summed E-state index contributed by atoms with van der Waals surface area (Å²) in [5, 5.41) is 3.98. The predicted octanol–water partition coefficient (Wildman–Crippen LogP) is 4.79. The van der Waals surface area contributed by atoms with Crippen molar-refractivity contribution in [1.29, 1.82) is 0 Å². The highest BCUT2D eigenvalue weighted by molar-refractivity contribution is 6.10. The molecule has 3 aromatic rings. The van der Waals surface area contributed by atoms with Crippen LogP contribution in [0.3, 0.4) is 0 Å². The van der Waals surface area contributed by atoms with Gasteiger partial charge in [0.1, 0.15) is 11.1 Å². The van der Waals surface area contributed by atoms with Gasteiger partial charge in [-0.2, -0.15) is 0 Å². The molecule has 0 bridgehead atoms. The maximum atomic E-state index is 13.1. The summed E-state index contributed by atoms with van der Waals surface area (Å²) in [5.41, 5.74) is 0.932. The number of ether oxygens (including phenoxy) is 2. The number of hydrogen-bond donors (Lipinski definition) is 1. The van der Waals surface area contributed by atoms with Crippen LogP contribution in [0.5, 0.6) is 0 Å². The van der Waals surface area contributed by atoms with Crippen LogP contribution in [0.1, 0.15) is 48.5 Å². The van der Waals surface area contributed by atoms with E-state index in [-0.39, 0.29) is 5.91 Å². The van der Waals surface area contributed by atoms with Crippen molar-refractivity contribution < 1.29 is 14.3 Å². The second-order valence-electron chi connectivity index (χ2n) is 9.41.